The van der Waals surface area contributed by atoms with Crippen molar-refractivity contribution in [2.75, 3.05) is 12.9 Å². The topological polar surface area (TPSA) is 43.4 Å². The highest BCUT2D eigenvalue weighted by Crippen LogP contribution is 2.36. The minimum Gasteiger partial charge on any atom is -0.481 e. The molecule has 0 N–H and O–H groups in total. The maximum absolute atomic E-state index is 12.1. The van der Waals surface area contributed by atoms with Crippen molar-refractivity contribution in [1.82, 2.24) is 0 Å². The lowest BCUT2D eigenvalue weighted by atomic mass is 10.2. The molecule has 8 heteroatoms. The summed E-state index contributed by atoms with van der Waals surface area (Å²) in [6.07, 6.45) is -2.45. The molecular weight excluding hydrogens is 305 g/mol. The Morgan fingerprint density at radius 1 is 1.42 bits per heavy atom. The predicted octanol–water partition coefficient (Wildman–Crippen LogP) is 3.33. The molecule has 1 aromatic carbocycles. The summed E-state index contributed by atoms with van der Waals surface area (Å²) in [6.45, 7) is 1.79. The van der Waals surface area contributed by atoms with E-state index in [2.05, 4.69) is 11.3 Å². The molecule has 1 aromatic rings. The molecular formula is C11H10ClF3O3S. The van der Waals surface area contributed by atoms with Gasteiger partial charge in [-0.15, -0.1) is 0 Å². The summed E-state index contributed by atoms with van der Waals surface area (Å²) < 4.78 is 63.9. The van der Waals surface area contributed by atoms with Crippen LogP contribution in [0.1, 0.15) is 5.56 Å². The smallest absolute Gasteiger partial charge is 0.422 e. The van der Waals surface area contributed by atoms with Crippen LogP contribution in [0.5, 0.6) is 5.75 Å². The van der Waals surface area contributed by atoms with Gasteiger partial charge in [0.1, 0.15) is 4.90 Å². The zero-order valence-electron chi connectivity index (χ0n) is 9.79. The lowest BCUT2D eigenvalue weighted by Gasteiger charge is -2.15. The maximum atomic E-state index is 12.1. The third-order valence-corrected chi connectivity index (χ3v) is 3.60. The Balaban J connectivity index is 3.35. The third-order valence-electron chi connectivity index (χ3n) is 2.09. The first-order valence-corrected chi connectivity index (χ1v) is 7.17. The highest BCUT2D eigenvalue weighted by Gasteiger charge is 2.30. The van der Waals surface area contributed by atoms with Gasteiger partial charge >= 0.3 is 6.18 Å². The Labute approximate surface area is 113 Å². The first-order chi connectivity index (χ1) is 8.56. The normalized spacial score (nSPS) is 12.3. The minimum absolute atomic E-state index is 0.220. The molecule has 0 spiro atoms. The summed E-state index contributed by atoms with van der Waals surface area (Å²) in [7, 11) is -3.76. The number of hydrogen-bond acceptors (Lipinski definition) is 3. The lowest BCUT2D eigenvalue weighted by Crippen LogP contribution is -2.20. The van der Waals surface area contributed by atoms with Gasteiger partial charge in [-0.1, -0.05) is 30.3 Å². The number of ether oxygens (including phenoxy) is 1. The average Bonchev–Trinajstić information content (AvgIpc) is 2.24. The summed E-state index contributed by atoms with van der Waals surface area (Å²) in [4.78, 5) is -0.396. The number of sulfone groups is 1. The maximum Gasteiger partial charge on any atom is 0.422 e. The highest BCUT2D eigenvalue weighted by molar-refractivity contribution is 7.90. The van der Waals surface area contributed by atoms with Crippen LogP contribution in [0.2, 0.25) is 5.02 Å². The van der Waals surface area contributed by atoms with Crippen LogP contribution in [0.15, 0.2) is 23.6 Å². The van der Waals surface area contributed by atoms with Gasteiger partial charge < -0.3 is 4.74 Å². The average molecular weight is 315 g/mol. The second kappa shape index (κ2) is 5.42. The first kappa shape index (κ1) is 15.8. The monoisotopic (exact) mass is 314 g/mol. The number of halogens is 4. The summed E-state index contributed by atoms with van der Waals surface area (Å²) in [6, 6.07) is 2.47. The van der Waals surface area contributed by atoms with Gasteiger partial charge in [-0.3, -0.25) is 0 Å². The molecule has 0 unspecified atom stereocenters. The molecule has 106 valence electrons. The molecule has 3 nitrogen and oxygen atoms in total. The number of rotatable bonds is 4. The fourth-order valence-corrected chi connectivity index (χ4v) is 2.46. The Kier molecular flexibility index (Phi) is 4.52. The van der Waals surface area contributed by atoms with E-state index in [0.717, 1.165) is 12.3 Å². The van der Waals surface area contributed by atoms with Gasteiger partial charge in [-0.2, -0.15) is 13.2 Å². The van der Waals surface area contributed by atoms with Gasteiger partial charge in [0.15, 0.2) is 22.2 Å². The zero-order valence-corrected chi connectivity index (χ0v) is 11.4. The van der Waals surface area contributed by atoms with Crippen molar-refractivity contribution in [2.45, 2.75) is 11.1 Å². The number of hydrogen-bond donors (Lipinski definition) is 0. The van der Waals surface area contributed by atoms with Gasteiger partial charge in [-0.05, 0) is 11.6 Å². The van der Waals surface area contributed by atoms with Gasteiger partial charge in [0, 0.05) is 6.26 Å². The Hall–Kier alpha value is -1.21. The van der Waals surface area contributed by atoms with E-state index >= 15 is 0 Å². The zero-order chi connectivity index (χ0) is 14.8. The van der Waals surface area contributed by atoms with E-state index in [0.29, 0.717) is 0 Å². The molecule has 0 fully saturated rings. The molecule has 0 aliphatic rings. The van der Waals surface area contributed by atoms with E-state index in [-0.39, 0.29) is 10.6 Å². The molecule has 0 radical (unpaired) electrons. The second-order valence-corrected chi connectivity index (χ2v) is 6.04. The van der Waals surface area contributed by atoms with Crippen molar-refractivity contribution >= 4 is 27.5 Å². The van der Waals surface area contributed by atoms with Crippen LogP contribution in [-0.4, -0.2) is 27.5 Å². The number of benzene rings is 1. The molecule has 0 saturated heterocycles. The third kappa shape index (κ3) is 4.14. The molecule has 0 heterocycles. The molecule has 0 bridgehead atoms. The Morgan fingerprint density at radius 2 is 2.00 bits per heavy atom. The first-order valence-electron chi connectivity index (χ1n) is 4.91. The van der Waals surface area contributed by atoms with E-state index in [9.17, 15) is 21.6 Å². The van der Waals surface area contributed by atoms with Crippen molar-refractivity contribution in [3.8, 4) is 5.75 Å². The van der Waals surface area contributed by atoms with Crippen LogP contribution >= 0.6 is 11.6 Å². The van der Waals surface area contributed by atoms with Gasteiger partial charge in [0.25, 0.3) is 0 Å². The van der Waals surface area contributed by atoms with Crippen molar-refractivity contribution in [2.24, 2.45) is 0 Å². The Morgan fingerprint density at radius 3 is 2.42 bits per heavy atom. The molecule has 19 heavy (non-hydrogen) atoms. The van der Waals surface area contributed by atoms with E-state index < -0.39 is 33.3 Å². The molecule has 0 aromatic heterocycles. The highest BCUT2D eigenvalue weighted by atomic mass is 35.5. The fraction of sp³-hybridized carbons (Fsp3) is 0.273. The van der Waals surface area contributed by atoms with Gasteiger partial charge in [0.2, 0.25) is 0 Å². The van der Waals surface area contributed by atoms with Crippen molar-refractivity contribution < 1.29 is 26.3 Å². The van der Waals surface area contributed by atoms with Crippen LogP contribution in [0.3, 0.4) is 0 Å². The molecule has 1 rings (SSSR count). The van der Waals surface area contributed by atoms with E-state index in [1.807, 2.05) is 0 Å². The SMILES string of the molecule is C=Cc1ccc(S(C)(=O)=O)c(OCC(F)(F)F)c1Cl. The predicted molar refractivity (Wildman–Crippen MR) is 66.2 cm³/mol. The molecule has 0 aliphatic carbocycles. The fourth-order valence-electron chi connectivity index (χ4n) is 1.29. The summed E-state index contributed by atoms with van der Waals surface area (Å²) in [5.41, 5.74) is 0.284. The Bertz CT molecular complexity index is 594. The van der Waals surface area contributed by atoms with Crippen LogP contribution in [-0.2, 0) is 9.84 Å². The van der Waals surface area contributed by atoms with Crippen LogP contribution in [0.25, 0.3) is 6.08 Å². The summed E-state index contributed by atoms with van der Waals surface area (Å²) >= 11 is 5.82. The van der Waals surface area contributed by atoms with Crippen LogP contribution in [0, 0.1) is 0 Å². The minimum atomic E-state index is -4.59. The standard InChI is InChI=1S/C11H10ClF3O3S/c1-3-7-4-5-8(19(2,16)17)10(9(7)12)18-6-11(13,14)15/h3-5H,1,6H2,2H3. The van der Waals surface area contributed by atoms with Crippen molar-refractivity contribution in [1.29, 1.82) is 0 Å². The molecule has 0 aliphatic heterocycles. The largest absolute Gasteiger partial charge is 0.481 e. The van der Waals surface area contributed by atoms with E-state index in [1.54, 1.807) is 0 Å². The van der Waals surface area contributed by atoms with Gasteiger partial charge in [0.05, 0.1) is 5.02 Å². The number of alkyl halides is 3. The van der Waals surface area contributed by atoms with E-state index in [4.69, 9.17) is 11.6 Å². The quantitative estimate of drug-likeness (QED) is 0.856. The van der Waals surface area contributed by atoms with Crippen molar-refractivity contribution in [3.63, 3.8) is 0 Å². The summed E-state index contributed by atoms with van der Waals surface area (Å²) in [5, 5.41) is -0.220. The van der Waals surface area contributed by atoms with Crippen molar-refractivity contribution in [3.05, 3.63) is 29.3 Å². The van der Waals surface area contributed by atoms with Crippen LogP contribution in [0.4, 0.5) is 13.2 Å². The molecule has 0 amide bonds. The summed E-state index contributed by atoms with van der Waals surface area (Å²) in [5.74, 6) is -0.515. The van der Waals surface area contributed by atoms with Gasteiger partial charge in [-0.25, -0.2) is 8.42 Å². The second-order valence-electron chi connectivity index (χ2n) is 3.68. The molecule has 0 atom stereocenters. The van der Waals surface area contributed by atoms with E-state index in [1.165, 1.54) is 12.1 Å². The van der Waals surface area contributed by atoms with Crippen LogP contribution < -0.4 is 4.74 Å². The molecule has 0 saturated carbocycles. The lowest BCUT2D eigenvalue weighted by molar-refractivity contribution is -0.153.